The molecule has 0 N–H and O–H groups in total. The Bertz CT molecular complexity index is 510. The van der Waals surface area contributed by atoms with Crippen molar-refractivity contribution in [2.75, 3.05) is 45.9 Å². The number of likely N-dealkylation sites (tertiary alicyclic amines) is 1. The first-order chi connectivity index (χ1) is 12.7. The Balaban J connectivity index is 1.26. The summed E-state index contributed by atoms with van der Waals surface area (Å²) in [6.45, 7) is 5.21. The van der Waals surface area contributed by atoms with Gasteiger partial charge >= 0.3 is 0 Å². The van der Waals surface area contributed by atoms with Crippen LogP contribution in [0.3, 0.4) is 0 Å². The van der Waals surface area contributed by atoms with E-state index >= 15 is 0 Å². The number of piperidine rings is 1. The summed E-state index contributed by atoms with van der Waals surface area (Å²) in [4.78, 5) is 31.7. The Morgan fingerprint density at radius 3 is 2.38 bits per heavy atom. The van der Waals surface area contributed by atoms with E-state index in [1.54, 1.807) is 0 Å². The first-order valence-electron chi connectivity index (χ1n) is 10.6. The summed E-state index contributed by atoms with van der Waals surface area (Å²) in [6, 6.07) is 0.493. The third kappa shape index (κ3) is 3.91. The molecular weight excluding hydrogens is 330 g/mol. The van der Waals surface area contributed by atoms with Gasteiger partial charge in [-0.05, 0) is 44.4 Å². The molecule has 6 nitrogen and oxygen atoms in total. The predicted molar refractivity (Wildman–Crippen MR) is 98.7 cm³/mol. The molecular formula is C20H33N3O3. The number of carbonyl (C=O) groups excluding carboxylic acids is 2. The number of carbonyl (C=O) groups is 2. The summed E-state index contributed by atoms with van der Waals surface area (Å²) in [5.74, 6) is 1.19. The highest BCUT2D eigenvalue weighted by molar-refractivity contribution is 5.81. The molecule has 4 aliphatic rings. The van der Waals surface area contributed by atoms with Crippen LogP contribution in [0.4, 0.5) is 0 Å². The molecule has 3 heterocycles. The van der Waals surface area contributed by atoms with E-state index in [2.05, 4.69) is 9.80 Å². The third-order valence-corrected chi connectivity index (χ3v) is 6.81. The van der Waals surface area contributed by atoms with Crippen LogP contribution in [0.2, 0.25) is 0 Å². The van der Waals surface area contributed by atoms with Crippen LogP contribution in [0, 0.1) is 5.92 Å². The van der Waals surface area contributed by atoms with E-state index in [1.165, 1.54) is 32.1 Å². The van der Waals surface area contributed by atoms with Gasteiger partial charge in [-0.1, -0.05) is 12.8 Å². The van der Waals surface area contributed by atoms with Gasteiger partial charge in [0.15, 0.2) is 0 Å². The Labute approximate surface area is 156 Å². The second-order valence-electron chi connectivity index (χ2n) is 8.44. The molecule has 0 aromatic rings. The zero-order chi connectivity index (χ0) is 17.9. The molecule has 0 spiro atoms. The fraction of sp³-hybridized carbons (Fsp3) is 0.900. The van der Waals surface area contributed by atoms with Crippen molar-refractivity contribution < 1.29 is 14.3 Å². The zero-order valence-electron chi connectivity index (χ0n) is 15.9. The van der Waals surface area contributed by atoms with E-state index in [4.69, 9.17) is 4.74 Å². The number of hydrogen-bond acceptors (Lipinski definition) is 4. The summed E-state index contributed by atoms with van der Waals surface area (Å²) in [5.41, 5.74) is 0. The standard InChI is InChI=1S/C20H33N3O3/c24-19(23-9-3-6-16-5-1-2-7-17(16)23)15-21-10-12-22(13-11-21)20(25)18-8-4-14-26-18/h16-18H,1-15H2. The summed E-state index contributed by atoms with van der Waals surface area (Å²) < 4.78 is 5.52. The number of rotatable bonds is 3. The normalized spacial score (nSPS) is 33.2. The summed E-state index contributed by atoms with van der Waals surface area (Å²) in [5, 5.41) is 0. The fourth-order valence-corrected chi connectivity index (χ4v) is 5.32. The van der Waals surface area contributed by atoms with Crippen LogP contribution in [0.5, 0.6) is 0 Å². The molecule has 146 valence electrons. The van der Waals surface area contributed by atoms with Crippen LogP contribution in [-0.4, -0.2) is 84.5 Å². The van der Waals surface area contributed by atoms with Crippen molar-refractivity contribution in [3.63, 3.8) is 0 Å². The van der Waals surface area contributed by atoms with Crippen LogP contribution < -0.4 is 0 Å². The highest BCUT2D eigenvalue weighted by Crippen LogP contribution is 2.35. The van der Waals surface area contributed by atoms with E-state index in [-0.39, 0.29) is 12.0 Å². The molecule has 3 atom stereocenters. The zero-order valence-corrected chi connectivity index (χ0v) is 15.9. The second-order valence-corrected chi connectivity index (χ2v) is 8.44. The van der Waals surface area contributed by atoms with Crippen molar-refractivity contribution in [3.05, 3.63) is 0 Å². The quantitative estimate of drug-likeness (QED) is 0.762. The molecule has 1 aliphatic carbocycles. The van der Waals surface area contributed by atoms with Gasteiger partial charge in [-0.25, -0.2) is 0 Å². The number of hydrogen-bond donors (Lipinski definition) is 0. The minimum atomic E-state index is -0.222. The average molecular weight is 364 g/mol. The number of nitrogens with zero attached hydrogens (tertiary/aromatic N) is 3. The van der Waals surface area contributed by atoms with Crippen molar-refractivity contribution in [3.8, 4) is 0 Å². The van der Waals surface area contributed by atoms with Crippen LogP contribution in [0.25, 0.3) is 0 Å². The van der Waals surface area contributed by atoms with E-state index in [9.17, 15) is 9.59 Å². The molecule has 26 heavy (non-hydrogen) atoms. The van der Waals surface area contributed by atoms with Crippen molar-refractivity contribution >= 4 is 11.8 Å². The lowest BCUT2D eigenvalue weighted by Gasteiger charge is -2.45. The van der Waals surface area contributed by atoms with Crippen molar-refractivity contribution in [1.82, 2.24) is 14.7 Å². The van der Waals surface area contributed by atoms with Gasteiger partial charge in [0.25, 0.3) is 5.91 Å². The first-order valence-corrected chi connectivity index (χ1v) is 10.6. The van der Waals surface area contributed by atoms with Gasteiger partial charge in [0.1, 0.15) is 6.10 Å². The molecule has 3 saturated heterocycles. The minimum Gasteiger partial charge on any atom is -0.368 e. The topological polar surface area (TPSA) is 53.1 Å². The molecule has 1 saturated carbocycles. The summed E-state index contributed by atoms with van der Waals surface area (Å²) in [6.07, 6.45) is 9.20. The molecule has 4 fully saturated rings. The summed E-state index contributed by atoms with van der Waals surface area (Å²) >= 11 is 0. The number of amides is 2. The molecule has 0 aromatic carbocycles. The highest BCUT2D eigenvalue weighted by Gasteiger charge is 2.36. The number of ether oxygens (including phenoxy) is 1. The molecule has 3 unspecified atom stereocenters. The van der Waals surface area contributed by atoms with Gasteiger partial charge in [0, 0.05) is 45.4 Å². The second kappa shape index (κ2) is 8.26. The van der Waals surface area contributed by atoms with Crippen molar-refractivity contribution in [2.45, 2.75) is 63.5 Å². The Morgan fingerprint density at radius 2 is 1.62 bits per heavy atom. The minimum absolute atomic E-state index is 0.148. The van der Waals surface area contributed by atoms with Gasteiger partial charge in [0.05, 0.1) is 6.54 Å². The highest BCUT2D eigenvalue weighted by atomic mass is 16.5. The van der Waals surface area contributed by atoms with Crippen LogP contribution in [0.15, 0.2) is 0 Å². The monoisotopic (exact) mass is 363 g/mol. The molecule has 0 aromatic heterocycles. The Kier molecular flexibility index (Phi) is 5.79. The lowest BCUT2D eigenvalue weighted by Crippen LogP contribution is -2.56. The lowest BCUT2D eigenvalue weighted by molar-refractivity contribution is -0.144. The van der Waals surface area contributed by atoms with Gasteiger partial charge in [0.2, 0.25) is 5.91 Å². The maximum atomic E-state index is 12.9. The number of piperazine rings is 1. The van der Waals surface area contributed by atoms with Gasteiger partial charge in [-0.2, -0.15) is 0 Å². The third-order valence-electron chi connectivity index (χ3n) is 6.81. The fourth-order valence-electron chi connectivity index (χ4n) is 5.32. The maximum Gasteiger partial charge on any atom is 0.251 e. The van der Waals surface area contributed by atoms with Gasteiger partial charge in [-0.3, -0.25) is 14.5 Å². The molecule has 4 rings (SSSR count). The Morgan fingerprint density at radius 1 is 0.846 bits per heavy atom. The molecule has 0 bridgehead atoms. The molecule has 6 heteroatoms. The van der Waals surface area contributed by atoms with Crippen LogP contribution in [0.1, 0.15) is 51.4 Å². The van der Waals surface area contributed by atoms with E-state index in [1.807, 2.05) is 4.90 Å². The van der Waals surface area contributed by atoms with Crippen molar-refractivity contribution in [2.24, 2.45) is 5.92 Å². The van der Waals surface area contributed by atoms with Crippen LogP contribution in [-0.2, 0) is 14.3 Å². The van der Waals surface area contributed by atoms with E-state index in [0.717, 1.165) is 57.9 Å². The largest absolute Gasteiger partial charge is 0.368 e. The molecule has 0 radical (unpaired) electrons. The first kappa shape index (κ1) is 18.2. The smallest absolute Gasteiger partial charge is 0.251 e. The Hall–Kier alpha value is -1.14. The lowest BCUT2D eigenvalue weighted by atomic mass is 9.78. The molecule has 3 aliphatic heterocycles. The predicted octanol–water partition coefficient (Wildman–Crippen LogP) is 1.49. The van der Waals surface area contributed by atoms with Crippen molar-refractivity contribution in [1.29, 1.82) is 0 Å². The maximum absolute atomic E-state index is 12.9. The SMILES string of the molecule is O=C(C1CCCO1)N1CCN(CC(=O)N2CCCC3CCCCC32)CC1. The van der Waals surface area contributed by atoms with E-state index in [0.29, 0.717) is 25.1 Å². The van der Waals surface area contributed by atoms with Gasteiger partial charge in [-0.15, -0.1) is 0 Å². The average Bonchev–Trinajstić information content (AvgIpc) is 3.22. The molecule has 2 amide bonds. The number of fused-ring (bicyclic) bond motifs is 1. The summed E-state index contributed by atoms with van der Waals surface area (Å²) in [7, 11) is 0. The van der Waals surface area contributed by atoms with Crippen LogP contribution >= 0.6 is 0 Å². The van der Waals surface area contributed by atoms with E-state index < -0.39 is 0 Å². The van der Waals surface area contributed by atoms with Gasteiger partial charge < -0.3 is 14.5 Å².